The molecule has 0 atom stereocenters. The molecule has 3 aromatic carbocycles. The molecule has 0 amide bonds. The van der Waals surface area contributed by atoms with Crippen LogP contribution in [-0.2, 0) is 15.6 Å². The number of ether oxygens (including phenoxy) is 1. The Morgan fingerprint density at radius 3 is 2.45 bits per heavy atom. The second kappa shape index (κ2) is 10.8. The van der Waals surface area contributed by atoms with Crippen LogP contribution in [0.5, 0.6) is 5.75 Å². The van der Waals surface area contributed by atoms with Gasteiger partial charge in [-0.05, 0) is 55.3 Å². The van der Waals surface area contributed by atoms with Crippen LogP contribution in [0, 0.1) is 25.2 Å². The van der Waals surface area contributed by atoms with Crippen molar-refractivity contribution in [3.8, 4) is 11.8 Å². The smallest absolute Gasteiger partial charge is 0.219 e. The van der Waals surface area contributed by atoms with E-state index in [0.29, 0.717) is 22.2 Å². The van der Waals surface area contributed by atoms with E-state index in [1.165, 1.54) is 31.0 Å². The normalized spacial score (nSPS) is 12.0. The quantitative estimate of drug-likeness (QED) is 0.358. The van der Waals surface area contributed by atoms with E-state index in [1.54, 1.807) is 36.4 Å². The lowest BCUT2D eigenvalue weighted by Crippen LogP contribution is -2.10. The van der Waals surface area contributed by atoms with Crippen LogP contribution in [0.4, 0.5) is 5.69 Å². The van der Waals surface area contributed by atoms with Crippen LogP contribution < -0.4 is 10.1 Å². The third kappa shape index (κ3) is 5.91. The molecule has 8 heteroatoms. The van der Waals surface area contributed by atoms with Gasteiger partial charge in [0, 0.05) is 11.4 Å². The van der Waals surface area contributed by atoms with Crippen molar-refractivity contribution in [2.45, 2.75) is 24.5 Å². The highest BCUT2D eigenvalue weighted by molar-refractivity contribution is 8.04. The third-order valence-electron chi connectivity index (χ3n) is 4.92. The van der Waals surface area contributed by atoms with Gasteiger partial charge in [0.1, 0.15) is 16.8 Å². The number of hydrogen-bond donors (Lipinski definition) is 1. The molecule has 0 aliphatic carbocycles. The summed E-state index contributed by atoms with van der Waals surface area (Å²) in [5, 5.41) is 13.6. The number of benzene rings is 3. The Morgan fingerprint density at radius 2 is 1.82 bits per heavy atom. The predicted octanol–water partition coefficient (Wildman–Crippen LogP) is 6.48. The molecule has 3 rings (SSSR count). The second-order valence-electron chi connectivity index (χ2n) is 7.28. The van der Waals surface area contributed by atoms with Gasteiger partial charge in [-0.3, -0.25) is 0 Å². The molecule has 0 saturated carbocycles. The molecule has 0 bridgehead atoms. The molecule has 0 fully saturated rings. The minimum absolute atomic E-state index is 0.0564. The topological polar surface area (TPSA) is 79.2 Å². The van der Waals surface area contributed by atoms with Gasteiger partial charge in [-0.1, -0.05) is 53.6 Å². The molecule has 3 aromatic rings. The summed E-state index contributed by atoms with van der Waals surface area (Å²) < 4.78 is 31.8. The molecule has 0 aliphatic heterocycles. The highest BCUT2D eigenvalue weighted by atomic mass is 35.5. The Labute approximate surface area is 204 Å². The average Bonchev–Trinajstić information content (AvgIpc) is 2.80. The van der Waals surface area contributed by atoms with Crippen molar-refractivity contribution in [3.05, 3.63) is 98.4 Å². The van der Waals surface area contributed by atoms with Crippen molar-refractivity contribution in [1.82, 2.24) is 0 Å². The molecule has 170 valence electrons. The molecule has 0 heterocycles. The number of nitriles is 1. The third-order valence-corrected chi connectivity index (χ3v) is 8.12. The van der Waals surface area contributed by atoms with Crippen LogP contribution >= 0.6 is 23.4 Å². The Bertz CT molecular complexity index is 1330. The first kappa shape index (κ1) is 24.7. The Balaban J connectivity index is 2.07. The van der Waals surface area contributed by atoms with Crippen molar-refractivity contribution >= 4 is 38.9 Å². The zero-order valence-electron chi connectivity index (χ0n) is 18.4. The van der Waals surface area contributed by atoms with Gasteiger partial charge in [0.15, 0.2) is 4.91 Å². The van der Waals surface area contributed by atoms with Crippen LogP contribution in [0.15, 0.2) is 81.6 Å². The molecular weight excluding hydrogens is 476 g/mol. The average molecular weight is 499 g/mol. The fourth-order valence-electron chi connectivity index (χ4n) is 3.09. The fraction of sp³-hybridized carbons (Fsp3) is 0.160. The van der Waals surface area contributed by atoms with E-state index in [9.17, 15) is 13.7 Å². The number of nitrogens with one attached hydrogen (secondary N) is 1. The van der Waals surface area contributed by atoms with Crippen LogP contribution in [0.2, 0.25) is 5.02 Å². The minimum atomic E-state index is -4.04. The van der Waals surface area contributed by atoms with E-state index in [-0.39, 0.29) is 14.8 Å². The Hall–Kier alpha value is -2.92. The van der Waals surface area contributed by atoms with Gasteiger partial charge in [-0.25, -0.2) is 8.42 Å². The zero-order valence-corrected chi connectivity index (χ0v) is 20.8. The fourth-order valence-corrected chi connectivity index (χ4v) is 6.00. The van der Waals surface area contributed by atoms with E-state index in [4.69, 9.17) is 16.3 Å². The molecule has 0 aromatic heterocycles. The summed E-state index contributed by atoms with van der Waals surface area (Å²) >= 11 is 7.51. The van der Waals surface area contributed by atoms with Crippen molar-refractivity contribution < 1.29 is 13.2 Å². The van der Waals surface area contributed by atoms with Gasteiger partial charge in [-0.2, -0.15) is 5.26 Å². The summed E-state index contributed by atoms with van der Waals surface area (Å²) in [6, 6.07) is 21.0. The lowest BCUT2D eigenvalue weighted by molar-refractivity contribution is 0.415. The molecular formula is C25H23ClN2O3S2. The summed E-state index contributed by atoms with van der Waals surface area (Å²) in [4.78, 5) is -0.295. The second-order valence-corrected chi connectivity index (χ2v) is 10.6. The summed E-state index contributed by atoms with van der Waals surface area (Å²) in [6.07, 6.45) is 0. The number of aryl methyl sites for hydroxylation is 2. The van der Waals surface area contributed by atoms with Gasteiger partial charge >= 0.3 is 0 Å². The van der Waals surface area contributed by atoms with Gasteiger partial charge in [0.2, 0.25) is 9.84 Å². The SMILES string of the molecule is COc1ccc(N/C(SCc2cc(C)ccc2C)=C(/C#N)S(=O)(=O)c2ccccc2)cc1Cl. The number of anilines is 1. The molecule has 0 aliphatic rings. The Kier molecular flexibility index (Phi) is 8.09. The molecule has 0 radical (unpaired) electrons. The first-order valence-electron chi connectivity index (χ1n) is 10.00. The van der Waals surface area contributed by atoms with Crippen LogP contribution in [0.3, 0.4) is 0 Å². The Morgan fingerprint density at radius 1 is 1.09 bits per heavy atom. The number of hydrogen-bond acceptors (Lipinski definition) is 6. The predicted molar refractivity (Wildman–Crippen MR) is 135 cm³/mol. The minimum Gasteiger partial charge on any atom is -0.495 e. The zero-order chi connectivity index (χ0) is 24.0. The maximum absolute atomic E-state index is 13.3. The maximum atomic E-state index is 13.3. The molecule has 33 heavy (non-hydrogen) atoms. The lowest BCUT2D eigenvalue weighted by atomic mass is 10.1. The number of rotatable bonds is 8. The van der Waals surface area contributed by atoms with Gasteiger partial charge in [-0.15, -0.1) is 11.8 Å². The van der Waals surface area contributed by atoms with E-state index in [1.807, 2.05) is 32.0 Å². The number of halogens is 1. The van der Waals surface area contributed by atoms with Gasteiger partial charge < -0.3 is 10.1 Å². The van der Waals surface area contributed by atoms with Gasteiger partial charge in [0.05, 0.1) is 17.0 Å². The van der Waals surface area contributed by atoms with Crippen molar-refractivity contribution in [1.29, 1.82) is 5.26 Å². The van der Waals surface area contributed by atoms with E-state index < -0.39 is 9.84 Å². The first-order chi connectivity index (χ1) is 15.8. The highest BCUT2D eigenvalue weighted by Gasteiger charge is 2.25. The molecule has 0 saturated heterocycles. The molecule has 1 N–H and O–H groups in total. The van der Waals surface area contributed by atoms with Crippen LogP contribution in [-0.4, -0.2) is 15.5 Å². The number of sulfone groups is 1. The molecule has 0 unspecified atom stereocenters. The maximum Gasteiger partial charge on any atom is 0.219 e. The standard InChI is InChI=1S/C25H23ClN2O3S2/c1-17-9-10-18(2)19(13-17)16-32-25(28-20-11-12-23(31-3)22(26)14-20)24(15-27)33(29,30)21-7-5-4-6-8-21/h4-14,28H,16H2,1-3H3/b25-24+. The first-order valence-corrected chi connectivity index (χ1v) is 12.8. The molecule has 5 nitrogen and oxygen atoms in total. The number of methoxy groups -OCH3 is 1. The summed E-state index contributed by atoms with van der Waals surface area (Å²) in [6.45, 7) is 4.00. The summed E-state index contributed by atoms with van der Waals surface area (Å²) in [5.41, 5.74) is 3.79. The van der Waals surface area contributed by atoms with Gasteiger partial charge in [0.25, 0.3) is 0 Å². The highest BCUT2D eigenvalue weighted by Crippen LogP contribution is 2.34. The van der Waals surface area contributed by atoms with E-state index in [0.717, 1.165) is 16.7 Å². The van der Waals surface area contributed by atoms with Crippen LogP contribution in [0.25, 0.3) is 0 Å². The van der Waals surface area contributed by atoms with Crippen molar-refractivity contribution in [2.75, 3.05) is 12.4 Å². The summed E-state index contributed by atoms with van der Waals surface area (Å²) in [5.74, 6) is 0.975. The number of nitrogens with zero attached hydrogens (tertiary/aromatic N) is 1. The lowest BCUT2D eigenvalue weighted by Gasteiger charge is -2.15. The number of thioether (sulfide) groups is 1. The summed E-state index contributed by atoms with van der Waals surface area (Å²) in [7, 11) is -2.52. The number of allylic oxidation sites excluding steroid dienone is 1. The largest absolute Gasteiger partial charge is 0.495 e. The van der Waals surface area contributed by atoms with Crippen LogP contribution in [0.1, 0.15) is 16.7 Å². The van der Waals surface area contributed by atoms with Crippen molar-refractivity contribution in [2.24, 2.45) is 0 Å². The van der Waals surface area contributed by atoms with E-state index >= 15 is 0 Å². The van der Waals surface area contributed by atoms with E-state index in [2.05, 4.69) is 11.4 Å². The van der Waals surface area contributed by atoms with Crippen molar-refractivity contribution in [3.63, 3.8) is 0 Å². The molecule has 0 spiro atoms. The monoisotopic (exact) mass is 498 g/mol.